The van der Waals surface area contributed by atoms with Crippen molar-refractivity contribution in [1.29, 1.82) is 0 Å². The first-order valence-corrected chi connectivity index (χ1v) is 4.98. The van der Waals surface area contributed by atoms with Gasteiger partial charge in [-0.3, -0.25) is 0 Å². The lowest BCUT2D eigenvalue weighted by Gasteiger charge is -2.05. The van der Waals surface area contributed by atoms with Crippen LogP contribution in [0.4, 0.5) is 0 Å². The van der Waals surface area contributed by atoms with E-state index in [2.05, 4.69) is 32.7 Å². The molecule has 0 saturated heterocycles. The summed E-state index contributed by atoms with van der Waals surface area (Å²) in [7, 11) is 0. The lowest BCUT2D eigenvalue weighted by molar-refractivity contribution is 0.528. The van der Waals surface area contributed by atoms with E-state index >= 15 is 0 Å². The third-order valence-electron chi connectivity index (χ3n) is 1.86. The van der Waals surface area contributed by atoms with Gasteiger partial charge in [0, 0.05) is 0 Å². The maximum Gasteiger partial charge on any atom is -0.00118 e. The fourth-order valence-electron chi connectivity index (χ4n) is 1.06. The molecular formula is C11H23N. The molecule has 0 unspecified atom stereocenters. The molecule has 12 heavy (non-hydrogen) atoms. The molecular weight excluding hydrogens is 146 g/mol. The molecule has 0 saturated carbocycles. The Morgan fingerprint density at radius 1 is 1.33 bits per heavy atom. The normalized spacial score (nSPS) is 10.7. The van der Waals surface area contributed by atoms with Gasteiger partial charge in [0.15, 0.2) is 0 Å². The SMILES string of the molecule is C=C(C)CCNCCCC(C)C. The van der Waals surface area contributed by atoms with Gasteiger partial charge in [0.2, 0.25) is 0 Å². The van der Waals surface area contributed by atoms with Gasteiger partial charge in [-0.15, -0.1) is 6.58 Å². The van der Waals surface area contributed by atoms with Crippen molar-refractivity contribution in [2.24, 2.45) is 5.92 Å². The van der Waals surface area contributed by atoms with E-state index in [1.54, 1.807) is 0 Å². The molecule has 0 radical (unpaired) electrons. The Morgan fingerprint density at radius 3 is 2.50 bits per heavy atom. The van der Waals surface area contributed by atoms with Crippen LogP contribution < -0.4 is 5.32 Å². The van der Waals surface area contributed by atoms with Crippen molar-refractivity contribution in [3.63, 3.8) is 0 Å². The van der Waals surface area contributed by atoms with E-state index in [-0.39, 0.29) is 0 Å². The first-order valence-electron chi connectivity index (χ1n) is 4.98. The molecule has 0 aromatic heterocycles. The third-order valence-corrected chi connectivity index (χ3v) is 1.86. The summed E-state index contributed by atoms with van der Waals surface area (Å²) in [5, 5.41) is 3.41. The van der Waals surface area contributed by atoms with Gasteiger partial charge >= 0.3 is 0 Å². The van der Waals surface area contributed by atoms with Crippen molar-refractivity contribution in [3.8, 4) is 0 Å². The standard InChI is InChI=1S/C11H23N/c1-10(2)6-5-8-12-9-7-11(3)4/h10,12H,3,5-9H2,1-2,4H3. The molecule has 0 spiro atoms. The van der Waals surface area contributed by atoms with Gasteiger partial charge in [0.1, 0.15) is 0 Å². The van der Waals surface area contributed by atoms with Crippen molar-refractivity contribution in [2.45, 2.75) is 40.0 Å². The highest BCUT2D eigenvalue weighted by Crippen LogP contribution is 2.01. The summed E-state index contributed by atoms with van der Waals surface area (Å²) >= 11 is 0. The second-order valence-corrected chi connectivity index (χ2v) is 3.99. The number of hydrogen-bond donors (Lipinski definition) is 1. The van der Waals surface area contributed by atoms with Crippen molar-refractivity contribution in [1.82, 2.24) is 5.32 Å². The predicted molar refractivity (Wildman–Crippen MR) is 56.4 cm³/mol. The number of hydrogen-bond acceptors (Lipinski definition) is 1. The molecule has 0 aliphatic rings. The molecule has 1 N–H and O–H groups in total. The summed E-state index contributed by atoms with van der Waals surface area (Å²) in [5.74, 6) is 0.841. The van der Waals surface area contributed by atoms with E-state index in [1.165, 1.54) is 18.4 Å². The molecule has 0 bridgehead atoms. The zero-order chi connectivity index (χ0) is 9.40. The molecule has 72 valence electrons. The fourth-order valence-corrected chi connectivity index (χ4v) is 1.06. The van der Waals surface area contributed by atoms with Crippen molar-refractivity contribution < 1.29 is 0 Å². The van der Waals surface area contributed by atoms with Crippen LogP contribution in [0.15, 0.2) is 12.2 Å². The zero-order valence-electron chi connectivity index (χ0n) is 8.82. The van der Waals surface area contributed by atoms with Gasteiger partial charge in [-0.05, 0) is 45.2 Å². The largest absolute Gasteiger partial charge is 0.316 e. The molecule has 0 aliphatic carbocycles. The summed E-state index contributed by atoms with van der Waals surface area (Å²) in [6, 6.07) is 0. The molecule has 0 aromatic rings. The highest BCUT2D eigenvalue weighted by atomic mass is 14.8. The highest BCUT2D eigenvalue weighted by molar-refractivity contribution is 4.87. The summed E-state index contributed by atoms with van der Waals surface area (Å²) in [4.78, 5) is 0. The van der Waals surface area contributed by atoms with Crippen LogP contribution in [-0.2, 0) is 0 Å². The quantitative estimate of drug-likeness (QED) is 0.456. The minimum Gasteiger partial charge on any atom is -0.316 e. The molecule has 0 aliphatic heterocycles. The van der Waals surface area contributed by atoms with E-state index < -0.39 is 0 Å². The highest BCUT2D eigenvalue weighted by Gasteiger charge is 1.93. The van der Waals surface area contributed by atoms with Crippen LogP contribution in [0, 0.1) is 5.92 Å². The van der Waals surface area contributed by atoms with Crippen LogP contribution >= 0.6 is 0 Å². The summed E-state index contributed by atoms with van der Waals surface area (Å²) < 4.78 is 0. The van der Waals surface area contributed by atoms with Crippen LogP contribution in [-0.4, -0.2) is 13.1 Å². The summed E-state index contributed by atoms with van der Waals surface area (Å²) in [5.41, 5.74) is 1.27. The summed E-state index contributed by atoms with van der Waals surface area (Å²) in [6.07, 6.45) is 3.75. The molecule has 0 atom stereocenters. The van der Waals surface area contributed by atoms with Crippen LogP contribution in [0.5, 0.6) is 0 Å². The van der Waals surface area contributed by atoms with E-state index in [0.717, 1.165) is 25.4 Å². The first kappa shape index (κ1) is 11.7. The minimum atomic E-state index is 0.841. The van der Waals surface area contributed by atoms with Crippen LogP contribution in [0.2, 0.25) is 0 Å². The van der Waals surface area contributed by atoms with Gasteiger partial charge in [0.25, 0.3) is 0 Å². The molecule has 1 nitrogen and oxygen atoms in total. The monoisotopic (exact) mass is 169 g/mol. The molecule has 1 heteroatoms. The second-order valence-electron chi connectivity index (χ2n) is 3.99. The smallest absolute Gasteiger partial charge is 0.00118 e. The van der Waals surface area contributed by atoms with Crippen LogP contribution in [0.3, 0.4) is 0 Å². The van der Waals surface area contributed by atoms with E-state index in [1.807, 2.05) is 0 Å². The molecule has 0 rings (SSSR count). The Labute approximate surface area is 77.2 Å². The molecule has 0 fully saturated rings. The average Bonchev–Trinajstić information content (AvgIpc) is 1.95. The minimum absolute atomic E-state index is 0.841. The van der Waals surface area contributed by atoms with E-state index in [0.29, 0.717) is 0 Å². The number of nitrogens with one attached hydrogen (secondary N) is 1. The van der Waals surface area contributed by atoms with Crippen molar-refractivity contribution in [3.05, 3.63) is 12.2 Å². The number of rotatable bonds is 7. The summed E-state index contributed by atoms with van der Waals surface area (Å²) in [6.45, 7) is 12.7. The average molecular weight is 169 g/mol. The third kappa shape index (κ3) is 9.70. The fraction of sp³-hybridized carbons (Fsp3) is 0.818. The van der Waals surface area contributed by atoms with Crippen molar-refractivity contribution in [2.75, 3.05) is 13.1 Å². The maximum atomic E-state index is 3.86. The van der Waals surface area contributed by atoms with Gasteiger partial charge in [-0.1, -0.05) is 19.4 Å². The van der Waals surface area contributed by atoms with E-state index in [4.69, 9.17) is 0 Å². The van der Waals surface area contributed by atoms with Gasteiger partial charge in [-0.25, -0.2) is 0 Å². The first-order chi connectivity index (χ1) is 5.63. The lowest BCUT2D eigenvalue weighted by atomic mass is 10.1. The van der Waals surface area contributed by atoms with E-state index in [9.17, 15) is 0 Å². The van der Waals surface area contributed by atoms with Gasteiger partial charge in [-0.2, -0.15) is 0 Å². The zero-order valence-corrected chi connectivity index (χ0v) is 8.82. The van der Waals surface area contributed by atoms with Crippen LogP contribution in [0.25, 0.3) is 0 Å². The van der Waals surface area contributed by atoms with Gasteiger partial charge < -0.3 is 5.32 Å². The maximum absolute atomic E-state index is 3.86. The Hall–Kier alpha value is -0.300. The Kier molecular flexibility index (Phi) is 7.17. The van der Waals surface area contributed by atoms with Gasteiger partial charge in [0.05, 0.1) is 0 Å². The molecule has 0 amide bonds. The predicted octanol–water partition coefficient (Wildman–Crippen LogP) is 2.98. The topological polar surface area (TPSA) is 12.0 Å². The second kappa shape index (κ2) is 7.35. The van der Waals surface area contributed by atoms with Crippen molar-refractivity contribution >= 4 is 0 Å². The Morgan fingerprint density at radius 2 is 2.00 bits per heavy atom. The Bertz CT molecular complexity index is 116. The Balaban J connectivity index is 2.96. The lowest BCUT2D eigenvalue weighted by Crippen LogP contribution is -2.17. The molecule has 0 aromatic carbocycles. The van der Waals surface area contributed by atoms with Crippen LogP contribution in [0.1, 0.15) is 40.0 Å². The molecule has 0 heterocycles.